The third kappa shape index (κ3) is 2.88. The maximum Gasteiger partial charge on any atom is 0.319 e. The van der Waals surface area contributed by atoms with Gasteiger partial charge in [-0.25, -0.2) is 0 Å². The Morgan fingerprint density at radius 3 is 2.46 bits per heavy atom. The minimum atomic E-state index is -0.810. The van der Waals surface area contributed by atoms with Gasteiger partial charge in [-0.15, -0.1) is 0 Å². The minimum absolute atomic E-state index is 0.150. The summed E-state index contributed by atoms with van der Waals surface area (Å²) in [5, 5.41) is 0. The minimum Gasteiger partial charge on any atom is -0.460 e. The van der Waals surface area contributed by atoms with E-state index in [0.717, 1.165) is 11.1 Å². The quantitative estimate of drug-likeness (QED) is 0.628. The largest absolute Gasteiger partial charge is 0.460 e. The highest BCUT2D eigenvalue weighted by Crippen LogP contribution is 2.43. The van der Waals surface area contributed by atoms with Crippen LogP contribution in [0.25, 0.3) is 0 Å². The van der Waals surface area contributed by atoms with Gasteiger partial charge in [0, 0.05) is 5.92 Å². The Kier molecular flexibility index (Phi) is 4.47. The predicted molar refractivity (Wildman–Crippen MR) is 94.7 cm³/mol. The Labute approximate surface area is 152 Å². The third-order valence-electron chi connectivity index (χ3n) is 5.19. The number of carbonyl (C=O) groups excluding carboxylic acids is 2. The number of carbonyl (C=O) groups is 2. The van der Waals surface area contributed by atoms with Crippen molar-refractivity contribution in [2.24, 2.45) is 11.8 Å². The van der Waals surface area contributed by atoms with Crippen molar-refractivity contribution in [1.29, 1.82) is 0 Å². The van der Waals surface area contributed by atoms with Gasteiger partial charge in [-0.2, -0.15) is 0 Å². The van der Waals surface area contributed by atoms with Gasteiger partial charge in [0.1, 0.15) is 18.8 Å². The molecule has 2 saturated heterocycles. The van der Waals surface area contributed by atoms with Crippen molar-refractivity contribution >= 4 is 11.9 Å². The monoisotopic (exact) mass is 351 g/mol. The molecule has 2 aromatic carbocycles. The van der Waals surface area contributed by atoms with Gasteiger partial charge in [-0.3, -0.25) is 9.59 Å². The van der Waals surface area contributed by atoms with Crippen molar-refractivity contribution in [3.05, 3.63) is 71.8 Å². The van der Waals surface area contributed by atoms with E-state index in [0.29, 0.717) is 6.61 Å². The molecule has 0 radical (unpaired) electrons. The number of esters is 1. The van der Waals surface area contributed by atoms with Crippen LogP contribution >= 0.6 is 0 Å². The lowest BCUT2D eigenvalue weighted by Gasteiger charge is -2.22. The van der Waals surface area contributed by atoms with Crippen LogP contribution in [0, 0.1) is 11.8 Å². The summed E-state index contributed by atoms with van der Waals surface area (Å²) in [5.41, 5.74) is 1.92. The highest BCUT2D eigenvalue weighted by molar-refractivity contribution is 6.00. The summed E-state index contributed by atoms with van der Waals surface area (Å²) in [7, 11) is 0. The molecule has 5 nitrogen and oxygen atoms in total. The van der Waals surface area contributed by atoms with E-state index in [1.807, 2.05) is 67.6 Å². The average Bonchev–Trinajstić information content (AvgIpc) is 3.22. The molecule has 0 aromatic heterocycles. The van der Waals surface area contributed by atoms with Gasteiger partial charge in [-0.1, -0.05) is 67.6 Å². The number of rotatable bonds is 4. The van der Waals surface area contributed by atoms with Crippen LogP contribution in [0.4, 0.5) is 0 Å². The van der Waals surface area contributed by atoms with E-state index in [1.54, 1.807) is 4.90 Å². The number of hydrogen-bond acceptors (Lipinski definition) is 4. The Balaban J connectivity index is 1.49. The van der Waals surface area contributed by atoms with Crippen molar-refractivity contribution in [3.63, 3.8) is 0 Å². The summed E-state index contributed by atoms with van der Waals surface area (Å²) in [6.07, 6.45) is -0.373. The number of ether oxygens (including phenoxy) is 2. The smallest absolute Gasteiger partial charge is 0.319 e. The first-order valence-electron chi connectivity index (χ1n) is 8.86. The van der Waals surface area contributed by atoms with E-state index in [9.17, 15) is 9.59 Å². The van der Waals surface area contributed by atoms with E-state index in [2.05, 4.69) is 0 Å². The normalized spacial score (nSPS) is 27.4. The van der Waals surface area contributed by atoms with Crippen molar-refractivity contribution < 1.29 is 19.1 Å². The van der Waals surface area contributed by atoms with Crippen LogP contribution in [0.3, 0.4) is 0 Å². The molecule has 2 aliphatic heterocycles. The van der Waals surface area contributed by atoms with Gasteiger partial charge in [0.25, 0.3) is 0 Å². The van der Waals surface area contributed by atoms with Crippen LogP contribution in [0.2, 0.25) is 0 Å². The molecule has 0 spiro atoms. The molecule has 4 atom stereocenters. The Morgan fingerprint density at radius 1 is 1.12 bits per heavy atom. The SMILES string of the molecule is C[C@H]1[C@H](C(=O)OCc2ccccc2)C(=O)N2[C@@H](c3ccccc3)CO[C@H]12. The molecule has 2 aromatic rings. The molecule has 2 aliphatic rings. The van der Waals surface area contributed by atoms with Gasteiger partial charge in [0.2, 0.25) is 5.91 Å². The predicted octanol–water partition coefficient (Wildman–Crippen LogP) is 2.92. The Morgan fingerprint density at radius 2 is 1.77 bits per heavy atom. The zero-order valence-electron chi connectivity index (χ0n) is 14.6. The molecule has 2 heterocycles. The fraction of sp³-hybridized carbons (Fsp3) is 0.333. The Bertz CT molecular complexity index is 792. The van der Waals surface area contributed by atoms with E-state index in [1.165, 1.54) is 0 Å². The second-order valence-corrected chi connectivity index (χ2v) is 6.83. The zero-order chi connectivity index (χ0) is 18.1. The van der Waals surface area contributed by atoms with Gasteiger partial charge in [0.05, 0.1) is 12.6 Å². The molecular weight excluding hydrogens is 330 g/mol. The van der Waals surface area contributed by atoms with E-state index < -0.39 is 11.9 Å². The van der Waals surface area contributed by atoms with Crippen molar-refractivity contribution in [2.75, 3.05) is 6.61 Å². The van der Waals surface area contributed by atoms with Crippen LogP contribution < -0.4 is 0 Å². The first-order chi connectivity index (χ1) is 12.7. The maximum absolute atomic E-state index is 13.0. The summed E-state index contributed by atoms with van der Waals surface area (Å²) in [6.45, 7) is 2.50. The van der Waals surface area contributed by atoms with Gasteiger partial charge in [-0.05, 0) is 11.1 Å². The number of benzene rings is 2. The zero-order valence-corrected chi connectivity index (χ0v) is 14.6. The lowest BCUT2D eigenvalue weighted by atomic mass is 9.96. The maximum atomic E-state index is 13.0. The molecule has 1 amide bonds. The number of hydrogen-bond donors (Lipinski definition) is 0. The molecule has 5 heteroatoms. The number of amides is 1. The topological polar surface area (TPSA) is 55.8 Å². The molecule has 0 unspecified atom stereocenters. The number of fused-ring (bicyclic) bond motifs is 1. The van der Waals surface area contributed by atoms with Crippen LogP contribution in [0.1, 0.15) is 24.1 Å². The van der Waals surface area contributed by atoms with Gasteiger partial charge in [0.15, 0.2) is 0 Å². The van der Waals surface area contributed by atoms with E-state index in [-0.39, 0.29) is 30.7 Å². The van der Waals surface area contributed by atoms with Crippen LogP contribution in [-0.4, -0.2) is 29.6 Å². The standard InChI is InChI=1S/C21H21NO4/c1-14-18(21(24)26-12-15-8-4-2-5-9-15)19(23)22-17(13-25-20(14)22)16-10-6-3-7-11-16/h2-11,14,17-18,20H,12-13H2,1H3/t14-,17+,18-,20+/m0/s1. The lowest BCUT2D eigenvalue weighted by Crippen LogP contribution is -2.34. The highest BCUT2D eigenvalue weighted by Gasteiger charge is 2.56. The van der Waals surface area contributed by atoms with Crippen molar-refractivity contribution in [3.8, 4) is 0 Å². The fourth-order valence-electron chi connectivity index (χ4n) is 3.83. The lowest BCUT2D eigenvalue weighted by molar-refractivity contribution is -0.155. The molecule has 0 aliphatic carbocycles. The van der Waals surface area contributed by atoms with Gasteiger partial charge >= 0.3 is 5.97 Å². The van der Waals surface area contributed by atoms with Crippen LogP contribution in [0.5, 0.6) is 0 Å². The molecule has 2 fully saturated rings. The van der Waals surface area contributed by atoms with Gasteiger partial charge < -0.3 is 14.4 Å². The summed E-state index contributed by atoms with van der Waals surface area (Å²) in [4.78, 5) is 27.3. The summed E-state index contributed by atoms with van der Waals surface area (Å²) in [6, 6.07) is 19.1. The second kappa shape index (κ2) is 6.92. The molecule has 4 rings (SSSR count). The van der Waals surface area contributed by atoms with Crippen LogP contribution in [0.15, 0.2) is 60.7 Å². The molecule has 134 valence electrons. The molecule has 0 N–H and O–H groups in total. The fourth-order valence-corrected chi connectivity index (χ4v) is 3.83. The van der Waals surface area contributed by atoms with Crippen molar-refractivity contribution in [1.82, 2.24) is 4.90 Å². The van der Waals surface area contributed by atoms with E-state index >= 15 is 0 Å². The molecule has 26 heavy (non-hydrogen) atoms. The first-order valence-corrected chi connectivity index (χ1v) is 8.86. The highest BCUT2D eigenvalue weighted by atomic mass is 16.5. The molecule has 0 bridgehead atoms. The van der Waals surface area contributed by atoms with Crippen LogP contribution in [-0.2, 0) is 25.7 Å². The van der Waals surface area contributed by atoms with Crippen molar-refractivity contribution in [2.45, 2.75) is 25.8 Å². The second-order valence-electron chi connectivity index (χ2n) is 6.83. The van der Waals surface area contributed by atoms with E-state index in [4.69, 9.17) is 9.47 Å². The molecular formula is C21H21NO4. The summed E-state index contributed by atoms with van der Waals surface area (Å²) >= 11 is 0. The Hall–Kier alpha value is -2.66. The summed E-state index contributed by atoms with van der Waals surface area (Å²) in [5.74, 6) is -1.72. The molecule has 0 saturated carbocycles. The first kappa shape index (κ1) is 16.8. The third-order valence-corrected chi connectivity index (χ3v) is 5.19. The average molecular weight is 351 g/mol. The number of nitrogens with zero attached hydrogens (tertiary/aromatic N) is 1. The summed E-state index contributed by atoms with van der Waals surface area (Å²) < 4.78 is 11.3.